The molecule has 0 unspecified atom stereocenters. The molecule has 3 aromatic carbocycles. The van der Waals surface area contributed by atoms with Crippen LogP contribution >= 0.6 is 0 Å². The Morgan fingerprint density at radius 2 is 1.38 bits per heavy atom. The van der Waals surface area contributed by atoms with Crippen LogP contribution in [0.3, 0.4) is 0 Å². The molecular formula is C27H31N4Os-. The quantitative estimate of drug-likeness (QED) is 0.277. The van der Waals surface area contributed by atoms with Crippen molar-refractivity contribution in [1.29, 1.82) is 0 Å². The summed E-state index contributed by atoms with van der Waals surface area (Å²) in [5.41, 5.74) is 9.05. The second kappa shape index (κ2) is 11.2. The summed E-state index contributed by atoms with van der Waals surface area (Å²) in [5, 5.41) is 1.09. The monoisotopic (exact) mass is 603 g/mol. The van der Waals surface area contributed by atoms with E-state index in [2.05, 4.69) is 123 Å². The van der Waals surface area contributed by atoms with Crippen LogP contribution in [0.15, 0.2) is 60.9 Å². The van der Waals surface area contributed by atoms with Crippen molar-refractivity contribution in [1.82, 2.24) is 9.97 Å². The Hall–Kier alpha value is -2.76. The van der Waals surface area contributed by atoms with Crippen molar-refractivity contribution in [2.45, 2.75) is 20.8 Å². The van der Waals surface area contributed by atoms with Crippen LogP contribution < -0.4 is 9.80 Å². The van der Waals surface area contributed by atoms with Gasteiger partial charge in [0.15, 0.2) is 0 Å². The molecular weight excluding hydrogens is 571 g/mol. The average Bonchev–Trinajstić information content (AvgIpc) is 2.73. The number of aryl methyl sites for hydroxylation is 3. The van der Waals surface area contributed by atoms with Gasteiger partial charge < -0.3 is 9.80 Å². The molecule has 0 spiro atoms. The number of nitrogens with zero attached hydrogens (tertiary/aromatic N) is 4. The van der Waals surface area contributed by atoms with E-state index >= 15 is 0 Å². The van der Waals surface area contributed by atoms with Gasteiger partial charge in [0.05, 0.1) is 16.9 Å². The molecule has 0 amide bonds. The molecule has 168 valence electrons. The summed E-state index contributed by atoms with van der Waals surface area (Å²) in [4.78, 5) is 13.1. The Morgan fingerprint density at radius 1 is 0.750 bits per heavy atom. The number of hydrogen-bond donors (Lipinski definition) is 0. The smallest absolute Gasteiger partial charge is 0.106 e. The standard InChI is InChI=1S/C17H15N2.C10H16N2.Os/c1-11-7-12(2)9-14(8-11)17-15-6-4-5-13(3)16(15)18-10-19-17;1-11(2)9-7-5-6-8-10(9)12(3)4;/h4-8,10H,1-3H3;5-8H,1-4H3;/q-1;;. The molecule has 1 heterocycles. The van der Waals surface area contributed by atoms with Crippen molar-refractivity contribution >= 4 is 22.3 Å². The van der Waals surface area contributed by atoms with Gasteiger partial charge in [-0.1, -0.05) is 44.2 Å². The number of anilines is 2. The largest absolute Gasteiger partial charge is 0.376 e. The Bertz CT molecular complexity index is 1140. The number of rotatable bonds is 3. The first kappa shape index (κ1) is 25.5. The van der Waals surface area contributed by atoms with Crippen LogP contribution in [0.5, 0.6) is 0 Å². The first-order valence-corrected chi connectivity index (χ1v) is 10.4. The number of hydrogen-bond acceptors (Lipinski definition) is 4. The van der Waals surface area contributed by atoms with E-state index in [-0.39, 0.29) is 19.8 Å². The molecule has 32 heavy (non-hydrogen) atoms. The van der Waals surface area contributed by atoms with Gasteiger partial charge in [-0.3, -0.25) is 4.98 Å². The normalized spacial score (nSPS) is 10.1. The second-order valence-electron chi connectivity index (χ2n) is 8.23. The van der Waals surface area contributed by atoms with Gasteiger partial charge in [0, 0.05) is 48.0 Å². The molecule has 0 saturated carbocycles. The van der Waals surface area contributed by atoms with Crippen LogP contribution in [0.2, 0.25) is 0 Å². The van der Waals surface area contributed by atoms with Crippen LogP contribution in [0.1, 0.15) is 16.7 Å². The minimum Gasteiger partial charge on any atom is -0.376 e. The molecule has 4 rings (SSSR count). The van der Waals surface area contributed by atoms with Gasteiger partial charge in [-0.25, -0.2) is 4.98 Å². The average molecular weight is 602 g/mol. The van der Waals surface area contributed by atoms with E-state index in [0.29, 0.717) is 0 Å². The van der Waals surface area contributed by atoms with E-state index in [4.69, 9.17) is 0 Å². The van der Waals surface area contributed by atoms with Crippen LogP contribution in [0.4, 0.5) is 11.4 Å². The zero-order valence-electron chi connectivity index (χ0n) is 19.9. The van der Waals surface area contributed by atoms with Crippen LogP contribution in [-0.4, -0.2) is 38.2 Å². The van der Waals surface area contributed by atoms with Gasteiger partial charge in [0.1, 0.15) is 6.33 Å². The van der Waals surface area contributed by atoms with Gasteiger partial charge in [-0.2, -0.15) is 0 Å². The summed E-state index contributed by atoms with van der Waals surface area (Å²) in [5.74, 6) is 0. The molecule has 0 bridgehead atoms. The Kier molecular flexibility index (Phi) is 8.93. The van der Waals surface area contributed by atoms with Crippen LogP contribution in [-0.2, 0) is 19.8 Å². The summed E-state index contributed by atoms with van der Waals surface area (Å²) in [7, 11) is 8.23. The van der Waals surface area contributed by atoms with Gasteiger partial charge in [0.25, 0.3) is 0 Å². The van der Waals surface area contributed by atoms with E-state index in [0.717, 1.165) is 27.7 Å². The molecule has 0 saturated heterocycles. The number of fused-ring (bicyclic) bond motifs is 1. The first-order chi connectivity index (χ1) is 14.8. The van der Waals surface area contributed by atoms with E-state index < -0.39 is 0 Å². The summed E-state index contributed by atoms with van der Waals surface area (Å²) >= 11 is 0. The van der Waals surface area contributed by atoms with Gasteiger partial charge in [-0.05, 0) is 35.7 Å². The maximum atomic E-state index is 4.46. The van der Waals surface area contributed by atoms with E-state index in [9.17, 15) is 0 Å². The number of aromatic nitrogens is 2. The molecule has 0 N–H and O–H groups in total. The van der Waals surface area contributed by atoms with Gasteiger partial charge in [0.2, 0.25) is 0 Å². The fourth-order valence-corrected chi connectivity index (χ4v) is 3.69. The van der Waals surface area contributed by atoms with Crippen molar-refractivity contribution < 1.29 is 19.8 Å². The molecule has 4 nitrogen and oxygen atoms in total. The van der Waals surface area contributed by atoms with E-state index in [1.165, 1.54) is 22.5 Å². The number of benzene rings is 3. The van der Waals surface area contributed by atoms with Crippen molar-refractivity contribution in [3.05, 3.63) is 83.7 Å². The third-order valence-corrected chi connectivity index (χ3v) is 5.12. The molecule has 0 aliphatic rings. The molecule has 0 aliphatic carbocycles. The predicted octanol–water partition coefficient (Wildman–Crippen LogP) is 5.84. The number of para-hydroxylation sites is 3. The van der Waals surface area contributed by atoms with E-state index in [1.54, 1.807) is 6.33 Å². The molecule has 0 radical (unpaired) electrons. The molecule has 1 aromatic heterocycles. The van der Waals surface area contributed by atoms with Crippen molar-refractivity contribution in [3.8, 4) is 11.3 Å². The zero-order valence-corrected chi connectivity index (χ0v) is 22.5. The SMILES string of the molecule is CN(C)c1ccccc1N(C)C.Cc1[c-]c(-c2ncnc3c(C)cccc23)cc(C)c1.[Os]. The van der Waals surface area contributed by atoms with E-state index in [1.807, 2.05) is 6.07 Å². The Labute approximate surface area is 205 Å². The minimum absolute atomic E-state index is 0. The molecule has 0 atom stereocenters. The third kappa shape index (κ3) is 5.93. The van der Waals surface area contributed by atoms with Gasteiger partial charge in [-0.15, -0.1) is 34.9 Å². The van der Waals surface area contributed by atoms with Crippen molar-refractivity contribution in [2.75, 3.05) is 38.0 Å². The summed E-state index contributed by atoms with van der Waals surface area (Å²) in [6.07, 6.45) is 1.64. The fraction of sp³-hybridized carbons (Fsp3) is 0.259. The minimum atomic E-state index is 0. The predicted molar refractivity (Wildman–Crippen MR) is 133 cm³/mol. The van der Waals surface area contributed by atoms with Crippen LogP contribution in [0.25, 0.3) is 22.2 Å². The molecule has 0 fully saturated rings. The third-order valence-electron chi connectivity index (χ3n) is 5.12. The first-order valence-electron chi connectivity index (χ1n) is 10.4. The zero-order chi connectivity index (χ0) is 22.5. The maximum absolute atomic E-state index is 4.46. The molecule has 5 heteroatoms. The summed E-state index contributed by atoms with van der Waals surface area (Å²) in [6.45, 7) is 6.23. The van der Waals surface area contributed by atoms with Crippen molar-refractivity contribution in [2.24, 2.45) is 0 Å². The maximum Gasteiger partial charge on any atom is 0.106 e. The molecule has 0 aliphatic heterocycles. The van der Waals surface area contributed by atoms with Crippen LogP contribution in [0, 0.1) is 26.8 Å². The second-order valence-corrected chi connectivity index (χ2v) is 8.23. The van der Waals surface area contributed by atoms with Gasteiger partial charge >= 0.3 is 0 Å². The Balaban J connectivity index is 0.000000244. The molecule has 4 aromatic rings. The topological polar surface area (TPSA) is 32.3 Å². The Morgan fingerprint density at radius 3 is 1.94 bits per heavy atom. The fourth-order valence-electron chi connectivity index (χ4n) is 3.69. The summed E-state index contributed by atoms with van der Waals surface area (Å²) in [6, 6.07) is 22.2. The van der Waals surface area contributed by atoms with Crippen molar-refractivity contribution in [3.63, 3.8) is 0 Å². The summed E-state index contributed by atoms with van der Waals surface area (Å²) < 4.78 is 0.